The van der Waals surface area contributed by atoms with Crippen molar-refractivity contribution in [2.75, 3.05) is 11.5 Å². The third kappa shape index (κ3) is 2.77. The van der Waals surface area contributed by atoms with E-state index in [1.807, 2.05) is 0 Å². The van der Waals surface area contributed by atoms with E-state index in [-0.39, 0.29) is 5.69 Å². The van der Waals surface area contributed by atoms with Gasteiger partial charge in [0.25, 0.3) is 0 Å². The molecule has 0 radical (unpaired) electrons. The van der Waals surface area contributed by atoms with Crippen LogP contribution in [0.2, 0.25) is 0 Å². The second-order valence-electron chi connectivity index (χ2n) is 3.82. The first-order valence-corrected chi connectivity index (χ1v) is 6.74. The Morgan fingerprint density at radius 2 is 1.82 bits per heavy atom. The molecule has 1 aromatic carbocycles. The monoisotopic (exact) mass is 267 g/mol. The summed E-state index contributed by atoms with van der Waals surface area (Å²) in [6.45, 7) is 0. The van der Waals surface area contributed by atoms with E-state index in [9.17, 15) is 21.8 Å². The maximum absolute atomic E-state index is 13.0. The summed E-state index contributed by atoms with van der Waals surface area (Å²) in [6, 6.07) is 1.97. The fraction of sp³-hybridized carbons (Fsp3) is 0.400. The molecule has 2 nitrogen and oxygen atoms in total. The molecule has 2 rings (SSSR count). The maximum Gasteiger partial charge on any atom is 0.416 e. The molecule has 1 saturated heterocycles. The quantitative estimate of drug-likeness (QED) is 0.717. The topological polar surface area (TPSA) is 29.4 Å². The van der Waals surface area contributed by atoms with Crippen LogP contribution < -0.4 is 0 Å². The first-order valence-electron chi connectivity index (χ1n) is 4.89. The van der Waals surface area contributed by atoms with Crippen molar-refractivity contribution in [1.29, 1.82) is 0 Å². The van der Waals surface area contributed by atoms with Gasteiger partial charge in [-0.3, -0.25) is 0 Å². The maximum atomic E-state index is 13.0. The number of alkyl halides is 3. The molecule has 0 bridgehead atoms. The van der Waals surface area contributed by atoms with Crippen LogP contribution in [0.5, 0.6) is 0 Å². The molecular weight excluding hydrogens is 258 g/mol. The molecule has 94 valence electrons. The summed E-state index contributed by atoms with van der Waals surface area (Å²) >= 11 is 0. The van der Waals surface area contributed by atoms with Gasteiger partial charge in [0.1, 0.15) is 5.82 Å². The molecular formula is C10H9F4NOS. The van der Waals surface area contributed by atoms with Crippen LogP contribution in [0.3, 0.4) is 0 Å². The van der Waals surface area contributed by atoms with Crippen molar-refractivity contribution in [1.82, 2.24) is 0 Å². The molecule has 1 aliphatic rings. The van der Waals surface area contributed by atoms with Gasteiger partial charge >= 0.3 is 6.18 Å². The predicted octanol–water partition coefficient (Wildman–Crippen LogP) is 3.35. The molecule has 1 aliphatic heterocycles. The van der Waals surface area contributed by atoms with E-state index in [1.54, 1.807) is 0 Å². The van der Waals surface area contributed by atoms with E-state index in [2.05, 4.69) is 4.36 Å². The number of hydrogen-bond acceptors (Lipinski definition) is 2. The Morgan fingerprint density at radius 3 is 2.29 bits per heavy atom. The molecule has 0 spiro atoms. The van der Waals surface area contributed by atoms with Crippen molar-refractivity contribution < 1.29 is 21.8 Å². The fourth-order valence-corrected chi connectivity index (χ4v) is 2.92. The van der Waals surface area contributed by atoms with Gasteiger partial charge < -0.3 is 0 Å². The fourth-order valence-electron chi connectivity index (χ4n) is 1.47. The van der Waals surface area contributed by atoms with Crippen LogP contribution in [0.4, 0.5) is 23.2 Å². The Labute approximate surface area is 95.8 Å². The molecule has 0 atom stereocenters. The molecule has 1 fully saturated rings. The molecule has 0 unspecified atom stereocenters. The summed E-state index contributed by atoms with van der Waals surface area (Å²) in [6.07, 6.45) is -3.89. The van der Waals surface area contributed by atoms with E-state index < -0.39 is 27.3 Å². The minimum Gasteiger partial charge on any atom is -0.249 e. The Hall–Kier alpha value is -1.11. The highest BCUT2D eigenvalue weighted by Crippen LogP contribution is 2.33. The van der Waals surface area contributed by atoms with E-state index in [0.29, 0.717) is 23.6 Å². The van der Waals surface area contributed by atoms with Crippen LogP contribution in [-0.2, 0) is 15.9 Å². The zero-order valence-corrected chi connectivity index (χ0v) is 9.45. The number of nitrogens with zero attached hydrogens (tertiary/aromatic N) is 1. The number of benzene rings is 1. The molecule has 17 heavy (non-hydrogen) atoms. The Kier molecular flexibility index (Phi) is 2.89. The standard InChI is InChI=1S/C10H9F4NOS/c11-8-4-7(10(12,13)14)5-9(6-8)15-17(16)2-1-3-17/h4-6H,1-3H2. The molecule has 0 aliphatic carbocycles. The second-order valence-corrected chi connectivity index (χ2v) is 6.37. The largest absolute Gasteiger partial charge is 0.416 e. The van der Waals surface area contributed by atoms with Crippen LogP contribution in [0.1, 0.15) is 12.0 Å². The molecule has 1 heterocycles. The van der Waals surface area contributed by atoms with E-state index >= 15 is 0 Å². The van der Waals surface area contributed by atoms with Gasteiger partial charge in [-0.1, -0.05) is 0 Å². The smallest absolute Gasteiger partial charge is 0.249 e. The highest BCUT2D eigenvalue weighted by Gasteiger charge is 2.31. The lowest BCUT2D eigenvalue weighted by Crippen LogP contribution is -2.23. The van der Waals surface area contributed by atoms with Crippen LogP contribution >= 0.6 is 0 Å². The second kappa shape index (κ2) is 3.97. The average molecular weight is 267 g/mol. The van der Waals surface area contributed by atoms with Crippen LogP contribution in [0.15, 0.2) is 22.6 Å². The van der Waals surface area contributed by atoms with Gasteiger partial charge in [-0.25, -0.2) is 8.60 Å². The minimum atomic E-state index is -4.63. The highest BCUT2D eigenvalue weighted by molar-refractivity contribution is 7.95. The van der Waals surface area contributed by atoms with Crippen molar-refractivity contribution in [2.45, 2.75) is 12.6 Å². The number of halogens is 4. The minimum absolute atomic E-state index is 0.206. The molecule has 7 heteroatoms. The SMILES string of the molecule is O=S1(=Nc2cc(F)cc(C(F)(F)F)c2)CCC1. The van der Waals surface area contributed by atoms with Crippen molar-refractivity contribution in [2.24, 2.45) is 4.36 Å². The third-order valence-corrected chi connectivity index (χ3v) is 4.80. The van der Waals surface area contributed by atoms with Gasteiger partial charge in [-0.15, -0.1) is 0 Å². The molecule has 1 aromatic rings. The van der Waals surface area contributed by atoms with Crippen molar-refractivity contribution in [3.63, 3.8) is 0 Å². The lowest BCUT2D eigenvalue weighted by atomic mass is 10.2. The van der Waals surface area contributed by atoms with E-state index in [1.165, 1.54) is 0 Å². The lowest BCUT2D eigenvalue weighted by Gasteiger charge is -2.18. The Bertz CT molecular complexity index is 548. The average Bonchev–Trinajstić information content (AvgIpc) is 2.13. The summed E-state index contributed by atoms with van der Waals surface area (Å²) in [5, 5.41) is 0. The summed E-state index contributed by atoms with van der Waals surface area (Å²) in [7, 11) is -2.43. The molecule has 0 amide bonds. The van der Waals surface area contributed by atoms with Crippen LogP contribution in [0, 0.1) is 5.82 Å². The summed E-state index contributed by atoms with van der Waals surface area (Å²) < 4.78 is 65.6. The van der Waals surface area contributed by atoms with Crippen LogP contribution in [-0.4, -0.2) is 15.7 Å². The van der Waals surface area contributed by atoms with Crippen LogP contribution in [0.25, 0.3) is 0 Å². The molecule has 0 aromatic heterocycles. The first kappa shape index (κ1) is 12.3. The summed E-state index contributed by atoms with van der Waals surface area (Å²) in [4.78, 5) is 0. The predicted molar refractivity (Wildman–Crippen MR) is 56.0 cm³/mol. The lowest BCUT2D eigenvalue weighted by molar-refractivity contribution is -0.137. The van der Waals surface area contributed by atoms with Gasteiger partial charge in [0, 0.05) is 17.6 Å². The highest BCUT2D eigenvalue weighted by atomic mass is 32.2. The van der Waals surface area contributed by atoms with E-state index in [4.69, 9.17) is 0 Å². The van der Waals surface area contributed by atoms with Gasteiger partial charge in [0.2, 0.25) is 0 Å². The number of hydrogen-bond donors (Lipinski definition) is 0. The zero-order valence-electron chi connectivity index (χ0n) is 8.63. The first-order chi connectivity index (χ1) is 7.78. The summed E-state index contributed by atoms with van der Waals surface area (Å²) in [5.41, 5.74) is -1.32. The van der Waals surface area contributed by atoms with Gasteiger partial charge in [-0.2, -0.15) is 17.5 Å². The van der Waals surface area contributed by atoms with Gasteiger partial charge in [0.15, 0.2) is 0 Å². The van der Waals surface area contributed by atoms with Crippen molar-refractivity contribution in [3.05, 3.63) is 29.6 Å². The molecule has 0 N–H and O–H groups in total. The number of rotatable bonds is 1. The van der Waals surface area contributed by atoms with E-state index in [0.717, 1.165) is 12.5 Å². The molecule has 0 saturated carbocycles. The van der Waals surface area contributed by atoms with Crippen molar-refractivity contribution in [3.8, 4) is 0 Å². The Morgan fingerprint density at radius 1 is 1.18 bits per heavy atom. The normalized spacial score (nSPS) is 18.6. The van der Waals surface area contributed by atoms with Crippen molar-refractivity contribution >= 4 is 15.4 Å². The van der Waals surface area contributed by atoms with Gasteiger partial charge in [-0.05, 0) is 18.6 Å². The zero-order chi connectivity index (χ0) is 12.7. The third-order valence-electron chi connectivity index (χ3n) is 2.41. The summed E-state index contributed by atoms with van der Waals surface area (Å²) in [5.74, 6) is -0.295. The Balaban J connectivity index is 2.46. The van der Waals surface area contributed by atoms with Gasteiger partial charge in [0.05, 0.1) is 21.0 Å².